The SMILES string of the molecule is CNC(=O)C1Cc2ccc(-c3cc(NC(=O)c4ccnc(C(F)(F)F)c4)ccc3C)cc2N2CCOC[C@@H]12.CNC(=O)[C@@H]1Cc2ccc(-c3cc(NC(=O)c4ccnc(C(F)(F)F)c4)ccc3C)cc2N2CCOC[C@H]12. The minimum Gasteiger partial charge on any atom is -0.377 e. The van der Waals surface area contributed by atoms with Gasteiger partial charge in [0.05, 0.1) is 50.3 Å². The quantitative estimate of drug-likeness (QED) is 0.108. The number of benzene rings is 4. The van der Waals surface area contributed by atoms with Crippen LogP contribution in [0, 0.1) is 25.7 Å². The highest BCUT2D eigenvalue weighted by molar-refractivity contribution is 6.05. The first-order chi connectivity index (χ1) is 36.3. The van der Waals surface area contributed by atoms with Gasteiger partial charge in [0.2, 0.25) is 11.8 Å². The lowest BCUT2D eigenvalue weighted by Crippen LogP contribution is -2.56. The number of aromatic nitrogens is 2. The normalized spacial score (nSPS) is 18.8. The molecular formula is C56H54F6N8O6. The number of amides is 4. The molecule has 14 nitrogen and oxygen atoms in total. The molecule has 4 N–H and O–H groups in total. The van der Waals surface area contributed by atoms with E-state index in [1.54, 1.807) is 26.2 Å². The zero-order valence-electron chi connectivity index (χ0n) is 41.9. The van der Waals surface area contributed by atoms with Crippen molar-refractivity contribution in [2.45, 2.75) is 51.1 Å². The van der Waals surface area contributed by atoms with Gasteiger partial charge in [0.1, 0.15) is 11.4 Å². The van der Waals surface area contributed by atoms with E-state index in [1.807, 2.05) is 62.4 Å². The third kappa shape index (κ3) is 11.2. The molecule has 396 valence electrons. The zero-order valence-corrected chi connectivity index (χ0v) is 41.9. The van der Waals surface area contributed by atoms with Gasteiger partial charge in [-0.2, -0.15) is 26.3 Å². The van der Waals surface area contributed by atoms with E-state index in [2.05, 4.69) is 53.2 Å². The number of halogens is 6. The third-order valence-corrected chi connectivity index (χ3v) is 14.3. The maximum Gasteiger partial charge on any atom is 0.433 e. The molecule has 6 heterocycles. The maximum atomic E-state index is 13.0. The van der Waals surface area contributed by atoms with Crippen molar-refractivity contribution in [2.75, 3.05) is 74.0 Å². The Bertz CT molecular complexity index is 2990. The molecule has 4 atom stereocenters. The van der Waals surface area contributed by atoms with Gasteiger partial charge in [-0.05, 0) is 132 Å². The Morgan fingerprint density at radius 3 is 1.34 bits per heavy atom. The van der Waals surface area contributed by atoms with Crippen molar-refractivity contribution in [3.05, 3.63) is 154 Å². The highest BCUT2D eigenvalue weighted by atomic mass is 19.4. The van der Waals surface area contributed by atoms with Crippen molar-refractivity contribution in [1.82, 2.24) is 20.6 Å². The first-order valence-electron chi connectivity index (χ1n) is 24.6. The molecule has 0 spiro atoms. The number of morpholine rings is 2. The maximum absolute atomic E-state index is 13.0. The number of aryl methyl sites for hydroxylation is 2. The highest BCUT2D eigenvalue weighted by Gasteiger charge is 2.42. The summed E-state index contributed by atoms with van der Waals surface area (Å²) in [4.78, 5) is 61.7. The second kappa shape index (κ2) is 21.8. The number of rotatable bonds is 8. The summed E-state index contributed by atoms with van der Waals surface area (Å²) in [6, 6.07) is 26.9. The first-order valence-corrected chi connectivity index (χ1v) is 24.6. The summed E-state index contributed by atoms with van der Waals surface area (Å²) in [6.45, 7) is 7.38. The van der Waals surface area contributed by atoms with Gasteiger partial charge in [0.15, 0.2) is 0 Å². The lowest BCUT2D eigenvalue weighted by Gasteiger charge is -2.45. The number of hydrogen-bond acceptors (Lipinski definition) is 10. The largest absolute Gasteiger partial charge is 0.433 e. The molecule has 1 unspecified atom stereocenters. The Kier molecular flexibility index (Phi) is 15.2. The number of carbonyl (C=O) groups excluding carboxylic acids is 4. The average Bonchev–Trinajstić information content (AvgIpc) is 3.42. The number of nitrogens with zero attached hydrogens (tertiary/aromatic N) is 4. The van der Waals surface area contributed by atoms with Gasteiger partial charge in [0, 0.05) is 73.5 Å². The molecule has 4 aromatic carbocycles. The standard InChI is InChI=1S/2C28H27F3N4O3/c2*1-16-3-6-20(34-26(36)19-7-8-33-25(13-19)28(29,30)31)14-21(16)17-4-5-18-11-22(27(37)32-2)24-15-38-10-9-35(24)23(18)12-17/h2*3-8,12-14,22,24H,9-11,15H2,1-2H3,(H,32,37)(H,34,36)/t22?,24-;22-,24-/m01/s1. The molecule has 0 aliphatic carbocycles. The van der Waals surface area contributed by atoms with E-state index in [4.69, 9.17) is 9.47 Å². The minimum absolute atomic E-state index is 0.00364. The molecule has 4 aliphatic heterocycles. The van der Waals surface area contributed by atoms with Crippen molar-refractivity contribution in [3.63, 3.8) is 0 Å². The van der Waals surface area contributed by atoms with Crippen LogP contribution in [0.2, 0.25) is 0 Å². The smallest absolute Gasteiger partial charge is 0.377 e. The monoisotopic (exact) mass is 1050 g/mol. The van der Waals surface area contributed by atoms with Crippen LogP contribution in [-0.2, 0) is 44.3 Å². The Labute approximate surface area is 434 Å². The number of fused-ring (bicyclic) bond motifs is 6. The zero-order chi connectivity index (χ0) is 54.1. The van der Waals surface area contributed by atoms with Crippen LogP contribution in [-0.4, -0.2) is 99.3 Å². The predicted octanol–water partition coefficient (Wildman–Crippen LogP) is 8.90. The van der Waals surface area contributed by atoms with Gasteiger partial charge < -0.3 is 40.5 Å². The van der Waals surface area contributed by atoms with E-state index in [1.165, 1.54) is 12.1 Å². The number of hydrogen-bond donors (Lipinski definition) is 4. The Morgan fingerprint density at radius 2 is 0.961 bits per heavy atom. The number of carbonyl (C=O) groups is 4. The summed E-state index contributed by atoms with van der Waals surface area (Å²) >= 11 is 0. The van der Waals surface area contributed by atoms with Gasteiger partial charge >= 0.3 is 12.4 Å². The topological polar surface area (TPSA) is 167 Å². The van der Waals surface area contributed by atoms with E-state index in [9.17, 15) is 45.5 Å². The number of nitrogens with one attached hydrogen (secondary N) is 4. The number of anilines is 4. The molecule has 0 saturated carbocycles. The summed E-state index contributed by atoms with van der Waals surface area (Å²) in [6.07, 6.45) is -6.11. The molecule has 0 bridgehead atoms. The van der Waals surface area contributed by atoms with Crippen LogP contribution >= 0.6 is 0 Å². The number of pyridine rings is 2. The van der Waals surface area contributed by atoms with Crippen molar-refractivity contribution in [3.8, 4) is 22.3 Å². The van der Waals surface area contributed by atoms with Crippen LogP contribution in [0.25, 0.3) is 22.3 Å². The molecule has 4 amide bonds. The molecule has 76 heavy (non-hydrogen) atoms. The third-order valence-electron chi connectivity index (χ3n) is 14.3. The Morgan fingerprint density at radius 1 is 0.553 bits per heavy atom. The van der Waals surface area contributed by atoms with Crippen LogP contribution in [0.3, 0.4) is 0 Å². The van der Waals surface area contributed by atoms with Crippen LogP contribution in [0.5, 0.6) is 0 Å². The molecule has 6 aromatic rings. The van der Waals surface area contributed by atoms with Crippen molar-refractivity contribution in [1.29, 1.82) is 0 Å². The lowest BCUT2D eigenvalue weighted by molar-refractivity contribution is -0.142. The van der Waals surface area contributed by atoms with E-state index < -0.39 is 35.6 Å². The fraction of sp³-hybridized carbons (Fsp3) is 0.321. The molecule has 2 fully saturated rings. The summed E-state index contributed by atoms with van der Waals surface area (Å²) in [5, 5.41) is 10.9. The van der Waals surface area contributed by atoms with Crippen LogP contribution in [0.4, 0.5) is 49.1 Å². The van der Waals surface area contributed by atoms with Crippen LogP contribution < -0.4 is 31.1 Å². The van der Waals surface area contributed by atoms with E-state index in [0.29, 0.717) is 63.7 Å². The molecule has 4 aliphatic rings. The fourth-order valence-corrected chi connectivity index (χ4v) is 10.4. The predicted molar refractivity (Wildman–Crippen MR) is 274 cm³/mol. The second-order valence-corrected chi connectivity index (χ2v) is 19.0. The number of alkyl halides is 6. The molecule has 2 aromatic heterocycles. The molecule has 20 heteroatoms. The molecule has 10 rings (SSSR count). The van der Waals surface area contributed by atoms with Gasteiger partial charge in [-0.1, -0.05) is 36.4 Å². The van der Waals surface area contributed by atoms with Crippen molar-refractivity contribution >= 4 is 46.4 Å². The van der Waals surface area contributed by atoms with Gasteiger partial charge in [-0.25, -0.2) is 0 Å². The Hall–Kier alpha value is -7.84. The lowest BCUT2D eigenvalue weighted by atomic mass is 9.83. The fourth-order valence-electron chi connectivity index (χ4n) is 10.4. The molecular weight excluding hydrogens is 995 g/mol. The summed E-state index contributed by atoms with van der Waals surface area (Å²) in [7, 11) is 3.29. The number of ether oxygens (including phenoxy) is 2. The second-order valence-electron chi connectivity index (χ2n) is 19.0. The molecule has 2 saturated heterocycles. The highest BCUT2D eigenvalue weighted by Crippen LogP contribution is 2.42. The Balaban J connectivity index is 0.000000186. The van der Waals surface area contributed by atoms with Gasteiger partial charge in [0.25, 0.3) is 11.8 Å². The summed E-state index contributed by atoms with van der Waals surface area (Å²) in [5.41, 5.74) is 8.28. The van der Waals surface area contributed by atoms with E-state index in [-0.39, 0.29) is 46.9 Å². The molecule has 0 radical (unpaired) electrons. The minimum atomic E-state index is -4.64. The van der Waals surface area contributed by atoms with Crippen LogP contribution in [0.15, 0.2) is 109 Å². The first kappa shape index (κ1) is 53.0. The summed E-state index contributed by atoms with van der Waals surface area (Å²) in [5.74, 6) is -1.73. The van der Waals surface area contributed by atoms with Crippen molar-refractivity contribution < 1.29 is 55.0 Å². The van der Waals surface area contributed by atoms with Crippen LogP contribution in [0.1, 0.15) is 54.4 Å². The van der Waals surface area contributed by atoms with E-state index >= 15 is 0 Å². The average molecular weight is 1050 g/mol. The van der Waals surface area contributed by atoms with Gasteiger partial charge in [-0.15, -0.1) is 0 Å². The van der Waals surface area contributed by atoms with E-state index in [0.717, 1.165) is 80.4 Å². The van der Waals surface area contributed by atoms with Gasteiger partial charge in [-0.3, -0.25) is 29.1 Å². The van der Waals surface area contributed by atoms with Crippen molar-refractivity contribution in [2.24, 2.45) is 11.8 Å². The summed E-state index contributed by atoms with van der Waals surface area (Å²) < 4.78 is 89.5.